The summed E-state index contributed by atoms with van der Waals surface area (Å²) in [4.78, 5) is 22.1. The summed E-state index contributed by atoms with van der Waals surface area (Å²) in [5.41, 5.74) is 2.68. The van der Waals surface area contributed by atoms with Crippen molar-refractivity contribution in [3.05, 3.63) is 35.4 Å². The van der Waals surface area contributed by atoms with Crippen LogP contribution in [0.25, 0.3) is 0 Å². The first-order valence-electron chi connectivity index (χ1n) is 6.73. The fraction of sp³-hybridized carbons (Fsp3) is 0.467. The molecule has 2 N–H and O–H groups in total. The van der Waals surface area contributed by atoms with E-state index in [1.54, 1.807) is 0 Å². The van der Waals surface area contributed by atoms with E-state index in [9.17, 15) is 9.59 Å². The van der Waals surface area contributed by atoms with E-state index in [0.29, 0.717) is 12.8 Å². The molecular weight excluding hydrogens is 242 g/mol. The lowest BCUT2D eigenvalue weighted by atomic mass is 9.88. The summed E-state index contributed by atoms with van der Waals surface area (Å²) in [6.45, 7) is 0. The average Bonchev–Trinajstić information content (AvgIpc) is 2.38. The summed E-state index contributed by atoms with van der Waals surface area (Å²) in [7, 11) is 0. The number of nitrogens with one attached hydrogen (secondary N) is 1. The van der Waals surface area contributed by atoms with E-state index in [-0.39, 0.29) is 18.4 Å². The van der Waals surface area contributed by atoms with Crippen molar-refractivity contribution >= 4 is 11.9 Å². The zero-order valence-electron chi connectivity index (χ0n) is 10.9. The minimum atomic E-state index is -0.848. The Morgan fingerprint density at radius 3 is 2.68 bits per heavy atom. The summed E-state index contributed by atoms with van der Waals surface area (Å²) < 4.78 is 0. The molecule has 0 heterocycles. The van der Waals surface area contributed by atoms with Crippen LogP contribution >= 0.6 is 0 Å². The van der Waals surface area contributed by atoms with Crippen LogP contribution in [0.4, 0.5) is 0 Å². The molecule has 1 aromatic rings. The van der Waals surface area contributed by atoms with Gasteiger partial charge in [-0.25, -0.2) is 0 Å². The molecule has 4 nitrogen and oxygen atoms in total. The van der Waals surface area contributed by atoms with Gasteiger partial charge in [-0.3, -0.25) is 9.59 Å². The number of carbonyl (C=O) groups is 2. The van der Waals surface area contributed by atoms with E-state index in [1.165, 1.54) is 11.1 Å². The number of aryl methyl sites for hydroxylation is 1. The number of fused-ring (bicyclic) bond motifs is 1. The van der Waals surface area contributed by atoms with Gasteiger partial charge in [0.1, 0.15) is 0 Å². The summed E-state index contributed by atoms with van der Waals surface area (Å²) in [5.74, 6) is -0.884. The molecule has 2 rings (SSSR count). The van der Waals surface area contributed by atoms with Gasteiger partial charge in [-0.05, 0) is 36.8 Å². The molecule has 1 aliphatic rings. The predicted octanol–water partition coefficient (Wildman–Crippen LogP) is 1.92. The van der Waals surface area contributed by atoms with Gasteiger partial charge in [0.2, 0.25) is 5.91 Å². The fourth-order valence-corrected chi connectivity index (χ4v) is 2.52. The highest BCUT2D eigenvalue weighted by molar-refractivity contribution is 5.77. The third-order valence-corrected chi connectivity index (χ3v) is 3.51. The van der Waals surface area contributed by atoms with Crippen LogP contribution < -0.4 is 5.32 Å². The highest BCUT2D eigenvalue weighted by Crippen LogP contribution is 2.21. The predicted molar refractivity (Wildman–Crippen MR) is 71.9 cm³/mol. The Balaban J connectivity index is 1.79. The Bertz CT molecular complexity index is 470. The van der Waals surface area contributed by atoms with E-state index in [4.69, 9.17) is 5.11 Å². The average molecular weight is 261 g/mol. The molecular formula is C15H19NO3. The van der Waals surface area contributed by atoms with E-state index < -0.39 is 5.97 Å². The number of rotatable bonds is 5. The van der Waals surface area contributed by atoms with Gasteiger partial charge >= 0.3 is 5.97 Å². The van der Waals surface area contributed by atoms with Gasteiger partial charge in [-0.2, -0.15) is 0 Å². The molecule has 1 aliphatic carbocycles. The number of amides is 1. The van der Waals surface area contributed by atoms with E-state index >= 15 is 0 Å². The maximum atomic E-state index is 11.7. The molecule has 0 radical (unpaired) electrons. The van der Waals surface area contributed by atoms with Crippen molar-refractivity contribution in [1.82, 2.24) is 5.32 Å². The lowest BCUT2D eigenvalue weighted by molar-refractivity contribution is -0.137. The first-order valence-corrected chi connectivity index (χ1v) is 6.73. The van der Waals surface area contributed by atoms with Gasteiger partial charge in [0, 0.05) is 18.9 Å². The standard InChI is InChI=1S/C15H19NO3/c17-14(6-3-7-15(18)19)16-13-9-8-11-4-1-2-5-12(11)10-13/h1-2,4-5,13H,3,6-10H2,(H,16,17)(H,18,19). The Labute approximate surface area is 112 Å². The van der Waals surface area contributed by atoms with Gasteiger partial charge in [-0.1, -0.05) is 24.3 Å². The van der Waals surface area contributed by atoms with Crippen molar-refractivity contribution < 1.29 is 14.7 Å². The molecule has 0 fully saturated rings. The topological polar surface area (TPSA) is 66.4 Å². The minimum absolute atomic E-state index is 0.0365. The van der Waals surface area contributed by atoms with Gasteiger partial charge in [0.25, 0.3) is 0 Å². The highest BCUT2D eigenvalue weighted by atomic mass is 16.4. The second-order valence-corrected chi connectivity index (χ2v) is 5.02. The molecule has 0 aliphatic heterocycles. The molecule has 1 aromatic carbocycles. The zero-order chi connectivity index (χ0) is 13.7. The monoisotopic (exact) mass is 261 g/mol. The van der Waals surface area contributed by atoms with Gasteiger partial charge in [-0.15, -0.1) is 0 Å². The second kappa shape index (κ2) is 6.36. The van der Waals surface area contributed by atoms with Gasteiger partial charge in [0.15, 0.2) is 0 Å². The van der Waals surface area contributed by atoms with Gasteiger partial charge in [0.05, 0.1) is 0 Å². The van der Waals surface area contributed by atoms with Crippen molar-refractivity contribution in [2.75, 3.05) is 0 Å². The van der Waals surface area contributed by atoms with Crippen molar-refractivity contribution in [3.63, 3.8) is 0 Å². The quantitative estimate of drug-likeness (QED) is 0.851. The van der Waals surface area contributed by atoms with Crippen molar-refractivity contribution in [2.45, 2.75) is 44.6 Å². The van der Waals surface area contributed by atoms with E-state index in [2.05, 4.69) is 17.4 Å². The molecule has 0 bridgehead atoms. The van der Waals surface area contributed by atoms with Crippen molar-refractivity contribution in [2.24, 2.45) is 0 Å². The summed E-state index contributed by atoms with van der Waals surface area (Å²) in [6, 6.07) is 8.50. The molecule has 19 heavy (non-hydrogen) atoms. The van der Waals surface area contributed by atoms with Crippen LogP contribution in [0, 0.1) is 0 Å². The molecule has 1 atom stereocenters. The first-order chi connectivity index (χ1) is 9.15. The van der Waals surface area contributed by atoms with Crippen LogP contribution in [0.2, 0.25) is 0 Å². The summed E-state index contributed by atoms with van der Waals surface area (Å²) >= 11 is 0. The van der Waals surface area contributed by atoms with Crippen LogP contribution in [0.3, 0.4) is 0 Å². The third-order valence-electron chi connectivity index (χ3n) is 3.51. The molecule has 0 saturated heterocycles. The van der Waals surface area contributed by atoms with Crippen molar-refractivity contribution in [3.8, 4) is 0 Å². The maximum Gasteiger partial charge on any atom is 0.303 e. The normalized spacial score (nSPS) is 17.6. The van der Waals surface area contributed by atoms with Crippen LogP contribution in [-0.2, 0) is 22.4 Å². The Kier molecular flexibility index (Phi) is 4.55. The second-order valence-electron chi connectivity index (χ2n) is 5.02. The fourth-order valence-electron chi connectivity index (χ4n) is 2.52. The zero-order valence-corrected chi connectivity index (χ0v) is 10.9. The smallest absolute Gasteiger partial charge is 0.303 e. The number of benzene rings is 1. The molecule has 0 aromatic heterocycles. The minimum Gasteiger partial charge on any atom is -0.481 e. The van der Waals surface area contributed by atoms with E-state index in [0.717, 1.165) is 19.3 Å². The SMILES string of the molecule is O=C(O)CCCC(=O)NC1CCc2ccccc2C1. The molecule has 0 saturated carbocycles. The van der Waals surface area contributed by atoms with Crippen LogP contribution in [0.15, 0.2) is 24.3 Å². The largest absolute Gasteiger partial charge is 0.481 e. The van der Waals surface area contributed by atoms with Crippen molar-refractivity contribution in [1.29, 1.82) is 0 Å². The molecule has 0 spiro atoms. The third kappa shape index (κ3) is 4.09. The molecule has 1 amide bonds. The number of carbonyl (C=O) groups excluding carboxylic acids is 1. The summed E-state index contributed by atoms with van der Waals surface area (Å²) in [6.07, 6.45) is 3.59. The van der Waals surface area contributed by atoms with E-state index in [1.807, 2.05) is 12.1 Å². The lowest BCUT2D eigenvalue weighted by Gasteiger charge is -2.25. The van der Waals surface area contributed by atoms with Crippen LogP contribution in [-0.4, -0.2) is 23.0 Å². The van der Waals surface area contributed by atoms with Crippen LogP contribution in [0.5, 0.6) is 0 Å². The maximum absolute atomic E-state index is 11.7. The number of carboxylic acid groups (broad SMARTS) is 1. The number of hydrogen-bond donors (Lipinski definition) is 2. The Morgan fingerprint density at radius 2 is 1.95 bits per heavy atom. The first kappa shape index (κ1) is 13.6. The highest BCUT2D eigenvalue weighted by Gasteiger charge is 2.19. The molecule has 1 unspecified atom stereocenters. The number of hydrogen-bond acceptors (Lipinski definition) is 2. The summed E-state index contributed by atoms with van der Waals surface area (Å²) in [5, 5.41) is 11.5. The lowest BCUT2D eigenvalue weighted by Crippen LogP contribution is -2.38. The number of aliphatic carboxylic acids is 1. The molecule has 4 heteroatoms. The Morgan fingerprint density at radius 1 is 1.21 bits per heavy atom. The van der Waals surface area contributed by atoms with Gasteiger partial charge < -0.3 is 10.4 Å². The molecule has 102 valence electrons. The number of carboxylic acids is 1. The Hall–Kier alpha value is -1.84. The van der Waals surface area contributed by atoms with Crippen LogP contribution in [0.1, 0.15) is 36.8 Å².